The minimum atomic E-state index is 0.611. The van der Waals surface area contributed by atoms with Gasteiger partial charge in [0.1, 0.15) is 5.82 Å². The Morgan fingerprint density at radius 2 is 1.89 bits per heavy atom. The molecule has 0 aliphatic heterocycles. The van der Waals surface area contributed by atoms with Gasteiger partial charge in [-0.2, -0.15) is 0 Å². The van der Waals surface area contributed by atoms with E-state index in [1.165, 1.54) is 5.56 Å². The third-order valence-corrected chi connectivity index (χ3v) is 2.81. The molecular weight excluding hydrogens is 224 g/mol. The maximum atomic E-state index is 5.55. The summed E-state index contributed by atoms with van der Waals surface area (Å²) in [7, 11) is 1.98. The van der Waals surface area contributed by atoms with Crippen LogP contribution in [0.15, 0.2) is 36.5 Å². The largest absolute Gasteiger partial charge is 0.358 e. The van der Waals surface area contributed by atoms with E-state index in [1.807, 2.05) is 30.1 Å². The molecule has 4 heteroatoms. The molecule has 18 heavy (non-hydrogen) atoms. The number of benzene rings is 1. The maximum absolute atomic E-state index is 5.55. The fourth-order valence-electron chi connectivity index (χ4n) is 1.71. The Labute approximate surface area is 107 Å². The number of aryl methyl sites for hydroxylation is 1. The molecule has 0 radical (unpaired) electrons. The predicted octanol–water partition coefficient (Wildman–Crippen LogP) is 1.85. The van der Waals surface area contributed by atoms with Crippen LogP contribution in [0.25, 0.3) is 11.4 Å². The van der Waals surface area contributed by atoms with E-state index >= 15 is 0 Å². The third-order valence-electron chi connectivity index (χ3n) is 2.81. The Hall–Kier alpha value is -1.94. The van der Waals surface area contributed by atoms with E-state index in [2.05, 4.69) is 29.0 Å². The van der Waals surface area contributed by atoms with E-state index in [4.69, 9.17) is 5.73 Å². The zero-order valence-electron chi connectivity index (χ0n) is 10.8. The molecule has 0 saturated heterocycles. The van der Waals surface area contributed by atoms with Gasteiger partial charge in [0, 0.05) is 31.9 Å². The summed E-state index contributed by atoms with van der Waals surface area (Å²) >= 11 is 0. The van der Waals surface area contributed by atoms with Crippen molar-refractivity contribution < 1.29 is 0 Å². The van der Waals surface area contributed by atoms with Crippen LogP contribution < -0.4 is 10.6 Å². The fourth-order valence-corrected chi connectivity index (χ4v) is 1.71. The summed E-state index contributed by atoms with van der Waals surface area (Å²) in [4.78, 5) is 10.9. The number of hydrogen-bond acceptors (Lipinski definition) is 4. The summed E-state index contributed by atoms with van der Waals surface area (Å²) in [6.07, 6.45) is 1.78. The summed E-state index contributed by atoms with van der Waals surface area (Å²) in [5, 5.41) is 0. The molecular formula is C14H18N4. The number of aromatic nitrogens is 2. The number of nitrogens with zero attached hydrogens (tertiary/aromatic N) is 3. The molecule has 1 heterocycles. The average Bonchev–Trinajstić information content (AvgIpc) is 2.40. The first-order valence-electron chi connectivity index (χ1n) is 6.02. The molecule has 0 unspecified atom stereocenters. The molecule has 1 aromatic carbocycles. The molecule has 0 amide bonds. The highest BCUT2D eigenvalue weighted by molar-refractivity contribution is 5.57. The molecule has 0 fully saturated rings. The molecule has 2 N–H and O–H groups in total. The molecule has 0 aliphatic rings. The van der Waals surface area contributed by atoms with E-state index < -0.39 is 0 Å². The summed E-state index contributed by atoms with van der Waals surface area (Å²) in [5.74, 6) is 1.64. The highest BCUT2D eigenvalue weighted by Gasteiger charge is 2.05. The predicted molar refractivity (Wildman–Crippen MR) is 74.5 cm³/mol. The van der Waals surface area contributed by atoms with Crippen LogP contribution in [0.3, 0.4) is 0 Å². The lowest BCUT2D eigenvalue weighted by Gasteiger charge is -2.17. The van der Waals surface area contributed by atoms with Crippen molar-refractivity contribution in [1.82, 2.24) is 9.97 Å². The minimum absolute atomic E-state index is 0.611. The van der Waals surface area contributed by atoms with Gasteiger partial charge in [-0.05, 0) is 13.0 Å². The molecule has 94 valence electrons. The van der Waals surface area contributed by atoms with Crippen molar-refractivity contribution in [3.8, 4) is 11.4 Å². The molecule has 2 aromatic rings. The van der Waals surface area contributed by atoms with Gasteiger partial charge in [-0.3, -0.25) is 0 Å². The number of hydrogen-bond donors (Lipinski definition) is 1. The number of rotatable bonds is 4. The molecule has 0 atom stereocenters. The van der Waals surface area contributed by atoms with E-state index in [9.17, 15) is 0 Å². The second-order valence-corrected chi connectivity index (χ2v) is 4.31. The number of likely N-dealkylation sites (N-methyl/N-ethyl adjacent to an activating group) is 1. The van der Waals surface area contributed by atoms with Gasteiger partial charge in [-0.1, -0.05) is 29.8 Å². The molecule has 1 aromatic heterocycles. The van der Waals surface area contributed by atoms with Crippen LogP contribution in [0.2, 0.25) is 0 Å². The zero-order chi connectivity index (χ0) is 13.0. The van der Waals surface area contributed by atoms with Crippen LogP contribution >= 0.6 is 0 Å². The summed E-state index contributed by atoms with van der Waals surface area (Å²) in [5.41, 5.74) is 7.81. The van der Waals surface area contributed by atoms with E-state index in [0.717, 1.165) is 23.8 Å². The Morgan fingerprint density at radius 1 is 1.17 bits per heavy atom. The van der Waals surface area contributed by atoms with Crippen molar-refractivity contribution in [1.29, 1.82) is 0 Å². The number of nitrogens with two attached hydrogens (primary N) is 1. The second kappa shape index (κ2) is 5.60. The van der Waals surface area contributed by atoms with Gasteiger partial charge in [0.15, 0.2) is 5.82 Å². The van der Waals surface area contributed by atoms with Crippen LogP contribution in [-0.2, 0) is 0 Å². The third kappa shape index (κ3) is 2.84. The topological polar surface area (TPSA) is 55.0 Å². The van der Waals surface area contributed by atoms with Gasteiger partial charge in [0.05, 0.1) is 0 Å². The Morgan fingerprint density at radius 3 is 2.56 bits per heavy atom. The van der Waals surface area contributed by atoms with E-state index in [1.54, 1.807) is 6.20 Å². The van der Waals surface area contributed by atoms with E-state index in [-0.39, 0.29) is 0 Å². The summed E-state index contributed by atoms with van der Waals surface area (Å²) in [6.45, 7) is 3.46. The maximum Gasteiger partial charge on any atom is 0.161 e. The fraction of sp³-hybridized carbons (Fsp3) is 0.286. The zero-order valence-corrected chi connectivity index (χ0v) is 10.8. The smallest absolute Gasteiger partial charge is 0.161 e. The van der Waals surface area contributed by atoms with Gasteiger partial charge >= 0.3 is 0 Å². The lowest BCUT2D eigenvalue weighted by Crippen LogP contribution is -2.25. The van der Waals surface area contributed by atoms with Gasteiger partial charge < -0.3 is 10.6 Å². The number of anilines is 1. The second-order valence-electron chi connectivity index (χ2n) is 4.31. The standard InChI is InChI=1S/C14H18N4/c1-11-3-5-12(6-4-11)14-16-9-7-13(17-14)18(2)10-8-15/h3-7,9H,8,10,15H2,1-2H3. The van der Waals surface area contributed by atoms with Crippen molar-refractivity contribution in [3.63, 3.8) is 0 Å². The minimum Gasteiger partial charge on any atom is -0.358 e. The van der Waals surface area contributed by atoms with E-state index in [0.29, 0.717) is 6.54 Å². The quantitative estimate of drug-likeness (QED) is 0.889. The van der Waals surface area contributed by atoms with Crippen molar-refractivity contribution in [2.45, 2.75) is 6.92 Å². The summed E-state index contributed by atoms with van der Waals surface area (Å²) < 4.78 is 0. The molecule has 0 bridgehead atoms. The van der Waals surface area contributed by atoms with Crippen molar-refractivity contribution in [3.05, 3.63) is 42.1 Å². The molecule has 0 saturated carbocycles. The Kier molecular flexibility index (Phi) is 3.89. The van der Waals surface area contributed by atoms with Crippen LogP contribution in [0.5, 0.6) is 0 Å². The Bertz CT molecular complexity index is 507. The first-order valence-corrected chi connectivity index (χ1v) is 6.02. The molecule has 4 nitrogen and oxygen atoms in total. The molecule has 0 aliphatic carbocycles. The van der Waals surface area contributed by atoms with Crippen molar-refractivity contribution in [2.24, 2.45) is 5.73 Å². The van der Waals surface area contributed by atoms with Gasteiger partial charge in [-0.25, -0.2) is 9.97 Å². The van der Waals surface area contributed by atoms with Gasteiger partial charge in [0.2, 0.25) is 0 Å². The highest BCUT2D eigenvalue weighted by Crippen LogP contribution is 2.17. The first-order chi connectivity index (χ1) is 8.70. The van der Waals surface area contributed by atoms with Gasteiger partial charge in [0.25, 0.3) is 0 Å². The highest BCUT2D eigenvalue weighted by atomic mass is 15.2. The average molecular weight is 242 g/mol. The van der Waals surface area contributed by atoms with Gasteiger partial charge in [-0.15, -0.1) is 0 Å². The van der Waals surface area contributed by atoms with Crippen LogP contribution in [0, 0.1) is 6.92 Å². The van der Waals surface area contributed by atoms with Crippen molar-refractivity contribution >= 4 is 5.82 Å². The SMILES string of the molecule is Cc1ccc(-c2nccc(N(C)CCN)n2)cc1. The monoisotopic (exact) mass is 242 g/mol. The molecule has 0 spiro atoms. The first kappa shape index (κ1) is 12.5. The van der Waals surface area contributed by atoms with Crippen LogP contribution in [0.1, 0.15) is 5.56 Å². The lowest BCUT2D eigenvalue weighted by atomic mass is 10.1. The molecule has 2 rings (SSSR count). The lowest BCUT2D eigenvalue weighted by molar-refractivity contribution is 0.865. The van der Waals surface area contributed by atoms with Crippen LogP contribution in [-0.4, -0.2) is 30.1 Å². The van der Waals surface area contributed by atoms with Crippen LogP contribution in [0.4, 0.5) is 5.82 Å². The normalized spacial score (nSPS) is 10.4. The Balaban J connectivity index is 2.29. The summed E-state index contributed by atoms with van der Waals surface area (Å²) in [6, 6.07) is 10.1. The van der Waals surface area contributed by atoms with Crippen molar-refractivity contribution in [2.75, 3.05) is 25.0 Å².